The Hall–Kier alpha value is -1.39. The van der Waals surface area contributed by atoms with Gasteiger partial charge in [0.25, 0.3) is 0 Å². The first kappa shape index (κ1) is 15.5. The Labute approximate surface area is 132 Å². The second-order valence-electron chi connectivity index (χ2n) is 6.71. The van der Waals surface area contributed by atoms with Crippen LogP contribution in [-0.4, -0.2) is 52.6 Å². The molecule has 1 heterocycles. The second-order valence-corrected chi connectivity index (χ2v) is 6.71. The molecule has 2 aliphatic rings. The smallest absolute Gasteiger partial charge is 0.228 e. The van der Waals surface area contributed by atoms with Gasteiger partial charge in [0.2, 0.25) is 5.91 Å². The highest BCUT2D eigenvalue weighted by atomic mass is 16.3. The summed E-state index contributed by atoms with van der Waals surface area (Å²) in [5, 5.41) is 9.97. The van der Waals surface area contributed by atoms with Gasteiger partial charge >= 0.3 is 0 Å². The summed E-state index contributed by atoms with van der Waals surface area (Å²) >= 11 is 0. The van der Waals surface area contributed by atoms with Gasteiger partial charge in [0.1, 0.15) is 0 Å². The van der Waals surface area contributed by atoms with Crippen molar-refractivity contribution >= 4 is 5.91 Å². The molecule has 1 aromatic carbocycles. The monoisotopic (exact) mass is 302 g/mol. The van der Waals surface area contributed by atoms with Crippen LogP contribution in [0.5, 0.6) is 0 Å². The fourth-order valence-corrected chi connectivity index (χ4v) is 3.79. The largest absolute Gasteiger partial charge is 0.392 e. The molecule has 1 aliphatic carbocycles. The number of hydrogen-bond donors (Lipinski definition) is 1. The minimum Gasteiger partial charge on any atom is -0.392 e. The quantitative estimate of drug-likeness (QED) is 0.927. The van der Waals surface area contributed by atoms with Crippen molar-refractivity contribution in [3.05, 3.63) is 35.9 Å². The molecule has 1 saturated heterocycles. The Morgan fingerprint density at radius 2 is 2.00 bits per heavy atom. The molecule has 4 heteroatoms. The van der Waals surface area contributed by atoms with E-state index in [1.807, 2.05) is 11.0 Å². The van der Waals surface area contributed by atoms with Gasteiger partial charge < -0.3 is 10.0 Å². The Morgan fingerprint density at radius 3 is 2.64 bits per heavy atom. The minimum atomic E-state index is -0.429. The third kappa shape index (κ3) is 3.33. The van der Waals surface area contributed by atoms with Crippen LogP contribution in [-0.2, 0) is 11.3 Å². The number of hydrogen-bond acceptors (Lipinski definition) is 3. The lowest BCUT2D eigenvalue weighted by Crippen LogP contribution is -2.55. The van der Waals surface area contributed by atoms with Crippen molar-refractivity contribution < 1.29 is 9.90 Å². The molecule has 2 unspecified atom stereocenters. The van der Waals surface area contributed by atoms with Crippen molar-refractivity contribution in [2.45, 2.75) is 44.9 Å². The van der Waals surface area contributed by atoms with Crippen molar-refractivity contribution in [1.82, 2.24) is 9.80 Å². The van der Waals surface area contributed by atoms with E-state index in [2.05, 4.69) is 36.1 Å². The summed E-state index contributed by atoms with van der Waals surface area (Å²) in [5.41, 5.74) is 1.32. The molecule has 0 bridgehead atoms. The minimum absolute atomic E-state index is 0.164. The summed E-state index contributed by atoms with van der Waals surface area (Å²) in [6.45, 7) is 5.66. The van der Waals surface area contributed by atoms with Crippen molar-refractivity contribution in [3.63, 3.8) is 0 Å². The zero-order valence-corrected chi connectivity index (χ0v) is 13.3. The third-order valence-corrected chi connectivity index (χ3v) is 5.04. The zero-order chi connectivity index (χ0) is 15.5. The standard InChI is InChI=1S/C18H26N2O2/c1-14-12-19(13-15-6-3-2-4-7-15)10-11-20(14)18(22)16-8-5-9-17(16)21/h2-4,6-7,14,16-17,21H,5,8-13H2,1H3/t14-,16?,17?/m1/s1. The highest BCUT2D eigenvalue weighted by molar-refractivity contribution is 5.80. The molecule has 22 heavy (non-hydrogen) atoms. The highest BCUT2D eigenvalue weighted by Crippen LogP contribution is 2.28. The Kier molecular flexibility index (Phi) is 4.79. The van der Waals surface area contributed by atoms with E-state index in [9.17, 15) is 9.90 Å². The van der Waals surface area contributed by atoms with Crippen molar-refractivity contribution in [1.29, 1.82) is 0 Å². The van der Waals surface area contributed by atoms with Gasteiger partial charge in [0.15, 0.2) is 0 Å². The van der Waals surface area contributed by atoms with E-state index in [4.69, 9.17) is 0 Å². The predicted molar refractivity (Wildman–Crippen MR) is 86.2 cm³/mol. The van der Waals surface area contributed by atoms with Crippen molar-refractivity contribution in [3.8, 4) is 0 Å². The fraction of sp³-hybridized carbons (Fsp3) is 0.611. The molecule has 1 N–H and O–H groups in total. The van der Waals surface area contributed by atoms with E-state index in [1.165, 1.54) is 5.56 Å². The van der Waals surface area contributed by atoms with Gasteiger partial charge in [-0.2, -0.15) is 0 Å². The molecule has 120 valence electrons. The number of rotatable bonds is 3. The van der Waals surface area contributed by atoms with E-state index in [0.717, 1.165) is 45.4 Å². The number of aliphatic hydroxyl groups is 1. The van der Waals surface area contributed by atoms with Gasteiger partial charge in [-0.15, -0.1) is 0 Å². The van der Waals surface area contributed by atoms with E-state index in [0.29, 0.717) is 0 Å². The van der Waals surface area contributed by atoms with Crippen LogP contribution in [0, 0.1) is 5.92 Å². The maximum absolute atomic E-state index is 12.6. The molecule has 0 spiro atoms. The molecule has 2 fully saturated rings. The molecular weight excluding hydrogens is 276 g/mol. The first-order valence-corrected chi connectivity index (χ1v) is 8.40. The van der Waals surface area contributed by atoms with Gasteiger partial charge in [0.05, 0.1) is 12.0 Å². The lowest BCUT2D eigenvalue weighted by Gasteiger charge is -2.41. The lowest BCUT2D eigenvalue weighted by molar-refractivity contribution is -0.142. The molecular formula is C18H26N2O2. The van der Waals surface area contributed by atoms with Crippen molar-refractivity contribution in [2.75, 3.05) is 19.6 Å². The average molecular weight is 302 g/mol. The van der Waals surface area contributed by atoms with Crippen LogP contribution in [0.4, 0.5) is 0 Å². The first-order valence-electron chi connectivity index (χ1n) is 8.40. The molecule has 0 aromatic heterocycles. The maximum Gasteiger partial charge on any atom is 0.228 e. The number of carbonyl (C=O) groups is 1. The summed E-state index contributed by atoms with van der Waals surface area (Å²) in [4.78, 5) is 17.0. The molecule has 1 aliphatic heterocycles. The highest BCUT2D eigenvalue weighted by Gasteiger charge is 2.37. The van der Waals surface area contributed by atoms with Crippen LogP contribution in [0.2, 0.25) is 0 Å². The average Bonchev–Trinajstić information content (AvgIpc) is 2.94. The molecule has 3 rings (SSSR count). The van der Waals surface area contributed by atoms with Gasteiger partial charge in [-0.3, -0.25) is 9.69 Å². The topological polar surface area (TPSA) is 43.8 Å². The van der Waals surface area contributed by atoms with Crippen LogP contribution in [0.15, 0.2) is 30.3 Å². The normalized spacial score (nSPS) is 29.7. The SMILES string of the molecule is C[C@@H]1CN(Cc2ccccc2)CCN1C(=O)C1CCCC1O. The summed E-state index contributed by atoms with van der Waals surface area (Å²) in [6.07, 6.45) is 2.16. The number of nitrogens with zero attached hydrogens (tertiary/aromatic N) is 2. The Balaban J connectivity index is 1.57. The second kappa shape index (κ2) is 6.80. The van der Waals surface area contributed by atoms with Crippen LogP contribution >= 0.6 is 0 Å². The number of aliphatic hydroxyl groups excluding tert-OH is 1. The summed E-state index contributed by atoms with van der Waals surface area (Å²) in [7, 11) is 0. The molecule has 4 nitrogen and oxygen atoms in total. The van der Waals surface area contributed by atoms with Gasteiger partial charge in [-0.25, -0.2) is 0 Å². The zero-order valence-electron chi connectivity index (χ0n) is 13.3. The van der Waals surface area contributed by atoms with Crippen LogP contribution in [0.25, 0.3) is 0 Å². The van der Waals surface area contributed by atoms with E-state index in [-0.39, 0.29) is 17.9 Å². The van der Waals surface area contributed by atoms with E-state index >= 15 is 0 Å². The molecule has 1 saturated carbocycles. The first-order chi connectivity index (χ1) is 10.6. The van der Waals surface area contributed by atoms with Crippen molar-refractivity contribution in [2.24, 2.45) is 5.92 Å². The molecule has 3 atom stereocenters. The lowest BCUT2D eigenvalue weighted by atomic mass is 10.0. The van der Waals surface area contributed by atoms with E-state index < -0.39 is 6.10 Å². The third-order valence-electron chi connectivity index (χ3n) is 5.04. The summed E-state index contributed by atoms with van der Waals surface area (Å²) in [5.74, 6) is -0.0000144. The number of piperazine rings is 1. The van der Waals surface area contributed by atoms with Gasteiger partial charge in [-0.1, -0.05) is 30.3 Å². The predicted octanol–water partition coefficient (Wildman–Crippen LogP) is 1.88. The maximum atomic E-state index is 12.6. The number of benzene rings is 1. The van der Waals surface area contributed by atoms with E-state index in [1.54, 1.807) is 0 Å². The van der Waals surface area contributed by atoms with Gasteiger partial charge in [0, 0.05) is 32.2 Å². The number of amides is 1. The van der Waals surface area contributed by atoms with Crippen LogP contribution in [0.3, 0.4) is 0 Å². The molecule has 0 radical (unpaired) electrons. The fourth-order valence-electron chi connectivity index (χ4n) is 3.79. The molecule has 1 amide bonds. The number of carbonyl (C=O) groups excluding carboxylic acids is 1. The molecule has 1 aromatic rings. The Bertz CT molecular complexity index is 505. The summed E-state index contributed by atoms with van der Waals surface area (Å²) < 4.78 is 0. The van der Waals surface area contributed by atoms with Crippen LogP contribution in [0.1, 0.15) is 31.7 Å². The summed E-state index contributed by atoms with van der Waals surface area (Å²) in [6, 6.07) is 10.7. The Morgan fingerprint density at radius 1 is 1.23 bits per heavy atom. The van der Waals surface area contributed by atoms with Crippen LogP contribution < -0.4 is 0 Å². The van der Waals surface area contributed by atoms with Gasteiger partial charge in [-0.05, 0) is 31.7 Å².